The Morgan fingerprint density at radius 3 is 2.72 bits per heavy atom. The maximum Gasteiger partial charge on any atom is 0.347 e. The number of rotatable bonds is 4. The van der Waals surface area contributed by atoms with Crippen molar-refractivity contribution in [2.75, 3.05) is 0 Å². The standard InChI is InChI=1S/C13H13NO2S2/c1-8-5-3-4-6-10(8)7-17-13-14-9(2)11(18-13)12(15)16/h3-6H,7H2,1-2H3,(H,15,16). The van der Waals surface area contributed by atoms with Crippen LogP contribution in [0.5, 0.6) is 0 Å². The topological polar surface area (TPSA) is 50.2 Å². The van der Waals surface area contributed by atoms with E-state index >= 15 is 0 Å². The van der Waals surface area contributed by atoms with Crippen LogP contribution in [0.4, 0.5) is 0 Å². The van der Waals surface area contributed by atoms with E-state index in [0.29, 0.717) is 10.6 Å². The van der Waals surface area contributed by atoms with Crippen LogP contribution in [0.15, 0.2) is 28.6 Å². The second-order valence-corrected chi connectivity index (χ2v) is 6.14. The van der Waals surface area contributed by atoms with E-state index in [1.165, 1.54) is 22.5 Å². The maximum atomic E-state index is 10.9. The fraction of sp³-hybridized carbons (Fsp3) is 0.231. The van der Waals surface area contributed by atoms with Gasteiger partial charge in [0.1, 0.15) is 4.88 Å². The van der Waals surface area contributed by atoms with Gasteiger partial charge < -0.3 is 5.11 Å². The molecule has 0 saturated carbocycles. The summed E-state index contributed by atoms with van der Waals surface area (Å²) in [6.45, 7) is 3.81. The van der Waals surface area contributed by atoms with Crippen molar-refractivity contribution in [3.63, 3.8) is 0 Å². The average molecular weight is 279 g/mol. The highest BCUT2D eigenvalue weighted by Gasteiger charge is 2.14. The lowest BCUT2D eigenvalue weighted by molar-refractivity contribution is 0.0701. The molecule has 1 aromatic heterocycles. The highest BCUT2D eigenvalue weighted by molar-refractivity contribution is 8.00. The number of thioether (sulfide) groups is 1. The summed E-state index contributed by atoms with van der Waals surface area (Å²) in [5.41, 5.74) is 3.10. The highest BCUT2D eigenvalue weighted by atomic mass is 32.2. The van der Waals surface area contributed by atoms with Crippen molar-refractivity contribution in [2.24, 2.45) is 0 Å². The Kier molecular flexibility index (Phi) is 4.04. The molecule has 94 valence electrons. The molecular weight excluding hydrogens is 266 g/mol. The largest absolute Gasteiger partial charge is 0.477 e. The average Bonchev–Trinajstić information content (AvgIpc) is 2.70. The number of hydrogen-bond donors (Lipinski definition) is 1. The van der Waals surface area contributed by atoms with E-state index in [1.54, 1.807) is 18.7 Å². The van der Waals surface area contributed by atoms with Gasteiger partial charge in [0.2, 0.25) is 0 Å². The third kappa shape index (κ3) is 2.91. The van der Waals surface area contributed by atoms with E-state index in [9.17, 15) is 4.79 Å². The molecule has 1 N–H and O–H groups in total. The van der Waals surface area contributed by atoms with Gasteiger partial charge in [0.25, 0.3) is 0 Å². The SMILES string of the molecule is Cc1ccccc1CSc1nc(C)c(C(=O)O)s1. The minimum absolute atomic E-state index is 0.335. The Morgan fingerprint density at radius 1 is 1.39 bits per heavy atom. The van der Waals surface area contributed by atoms with Crippen molar-refractivity contribution in [3.8, 4) is 0 Å². The molecule has 2 rings (SSSR count). The molecule has 0 fully saturated rings. The number of hydrogen-bond acceptors (Lipinski definition) is 4. The van der Waals surface area contributed by atoms with Gasteiger partial charge >= 0.3 is 5.97 Å². The van der Waals surface area contributed by atoms with E-state index in [-0.39, 0.29) is 0 Å². The molecule has 0 saturated heterocycles. The van der Waals surface area contributed by atoms with Crippen LogP contribution in [0.1, 0.15) is 26.5 Å². The molecule has 2 aromatic rings. The zero-order chi connectivity index (χ0) is 13.1. The summed E-state index contributed by atoms with van der Waals surface area (Å²) in [4.78, 5) is 15.5. The number of aromatic nitrogens is 1. The second kappa shape index (κ2) is 5.54. The van der Waals surface area contributed by atoms with Crippen LogP contribution in [0.3, 0.4) is 0 Å². The molecule has 0 aliphatic carbocycles. The van der Waals surface area contributed by atoms with Crippen molar-refractivity contribution < 1.29 is 9.90 Å². The normalized spacial score (nSPS) is 10.6. The third-order valence-corrected chi connectivity index (χ3v) is 4.92. The summed E-state index contributed by atoms with van der Waals surface area (Å²) in [7, 11) is 0. The summed E-state index contributed by atoms with van der Waals surface area (Å²) in [5.74, 6) is -0.0775. The number of benzene rings is 1. The highest BCUT2D eigenvalue weighted by Crippen LogP contribution is 2.30. The Morgan fingerprint density at radius 2 is 2.11 bits per heavy atom. The number of nitrogens with zero attached hydrogens (tertiary/aromatic N) is 1. The lowest BCUT2D eigenvalue weighted by Crippen LogP contribution is -1.94. The van der Waals surface area contributed by atoms with Gasteiger partial charge in [0.05, 0.1) is 5.69 Å². The number of aryl methyl sites for hydroxylation is 2. The van der Waals surface area contributed by atoms with Crippen molar-refractivity contribution in [3.05, 3.63) is 46.0 Å². The Labute approximate surface area is 114 Å². The summed E-state index contributed by atoms with van der Waals surface area (Å²) in [6.07, 6.45) is 0. The molecule has 0 radical (unpaired) electrons. The fourth-order valence-corrected chi connectivity index (χ4v) is 3.65. The molecule has 3 nitrogen and oxygen atoms in total. The van der Waals surface area contributed by atoms with Crippen LogP contribution in [0.2, 0.25) is 0 Å². The smallest absolute Gasteiger partial charge is 0.347 e. The number of thiazole rings is 1. The second-order valence-electron chi connectivity index (χ2n) is 3.91. The lowest BCUT2D eigenvalue weighted by Gasteiger charge is -2.02. The van der Waals surface area contributed by atoms with Crippen LogP contribution in [0.25, 0.3) is 0 Å². The molecule has 0 atom stereocenters. The molecule has 1 heterocycles. The van der Waals surface area contributed by atoms with E-state index in [4.69, 9.17) is 5.11 Å². The van der Waals surface area contributed by atoms with Gasteiger partial charge in [-0.1, -0.05) is 36.0 Å². The summed E-state index contributed by atoms with van der Waals surface area (Å²) >= 11 is 2.83. The van der Waals surface area contributed by atoms with Gasteiger partial charge in [-0.25, -0.2) is 9.78 Å². The van der Waals surface area contributed by atoms with Gasteiger partial charge in [-0.15, -0.1) is 11.3 Å². The molecule has 18 heavy (non-hydrogen) atoms. The minimum atomic E-state index is -0.896. The molecule has 1 aromatic carbocycles. The number of carboxylic acid groups (broad SMARTS) is 1. The molecule has 0 aliphatic rings. The van der Waals surface area contributed by atoms with E-state index in [0.717, 1.165) is 10.1 Å². The van der Waals surface area contributed by atoms with E-state index in [1.807, 2.05) is 12.1 Å². The van der Waals surface area contributed by atoms with Crippen molar-refractivity contribution in [1.29, 1.82) is 0 Å². The first kappa shape index (κ1) is 13.1. The number of aromatic carboxylic acids is 1. The van der Waals surface area contributed by atoms with Gasteiger partial charge in [0, 0.05) is 5.75 Å². The summed E-state index contributed by atoms with van der Waals surface area (Å²) in [6, 6.07) is 8.19. The van der Waals surface area contributed by atoms with Crippen molar-refractivity contribution >= 4 is 29.1 Å². The fourth-order valence-electron chi connectivity index (χ4n) is 1.54. The summed E-state index contributed by atoms with van der Waals surface area (Å²) in [5, 5.41) is 8.97. The monoisotopic (exact) mass is 279 g/mol. The number of carboxylic acids is 1. The van der Waals surface area contributed by atoms with Crippen LogP contribution in [-0.4, -0.2) is 16.1 Å². The summed E-state index contributed by atoms with van der Waals surface area (Å²) < 4.78 is 0.813. The Balaban J connectivity index is 2.09. The zero-order valence-corrected chi connectivity index (χ0v) is 11.8. The van der Waals surface area contributed by atoms with Gasteiger partial charge in [0.15, 0.2) is 4.34 Å². The maximum absolute atomic E-state index is 10.9. The van der Waals surface area contributed by atoms with Crippen LogP contribution >= 0.6 is 23.1 Å². The molecule has 0 spiro atoms. The van der Waals surface area contributed by atoms with Gasteiger partial charge in [-0.2, -0.15) is 0 Å². The zero-order valence-electron chi connectivity index (χ0n) is 10.1. The van der Waals surface area contributed by atoms with Crippen LogP contribution in [-0.2, 0) is 5.75 Å². The third-order valence-electron chi connectivity index (χ3n) is 2.58. The quantitative estimate of drug-likeness (QED) is 0.866. The Hall–Kier alpha value is -1.33. The molecule has 0 bridgehead atoms. The van der Waals surface area contributed by atoms with Crippen LogP contribution in [0, 0.1) is 13.8 Å². The van der Waals surface area contributed by atoms with Gasteiger partial charge in [-0.3, -0.25) is 0 Å². The molecular formula is C13H13NO2S2. The number of carbonyl (C=O) groups is 1. The van der Waals surface area contributed by atoms with E-state index < -0.39 is 5.97 Å². The predicted molar refractivity (Wildman–Crippen MR) is 74.6 cm³/mol. The first-order valence-corrected chi connectivity index (χ1v) is 7.26. The first-order valence-electron chi connectivity index (χ1n) is 5.46. The minimum Gasteiger partial charge on any atom is -0.477 e. The van der Waals surface area contributed by atoms with Gasteiger partial charge in [-0.05, 0) is 25.0 Å². The molecule has 0 amide bonds. The van der Waals surface area contributed by atoms with Crippen molar-refractivity contribution in [1.82, 2.24) is 4.98 Å². The molecule has 0 aliphatic heterocycles. The molecule has 0 unspecified atom stereocenters. The predicted octanol–water partition coefficient (Wildman–Crippen LogP) is 3.75. The first-order chi connectivity index (χ1) is 8.58. The van der Waals surface area contributed by atoms with E-state index in [2.05, 4.69) is 24.0 Å². The molecule has 5 heteroatoms. The van der Waals surface area contributed by atoms with Crippen molar-refractivity contribution in [2.45, 2.75) is 23.9 Å². The lowest BCUT2D eigenvalue weighted by atomic mass is 10.1. The van der Waals surface area contributed by atoms with Crippen LogP contribution < -0.4 is 0 Å². The Bertz CT molecular complexity index is 578.